The Bertz CT molecular complexity index is 836. The number of carbonyl (C=O) groups excluding carboxylic acids is 1. The average molecular weight is 383 g/mol. The second-order valence-electron chi connectivity index (χ2n) is 5.71. The standard InChI is InChI=1S/C17H16F3N3O4/c1-22(2)15-8-3-11(17(18,19)20)9-14(15)21-16(24)10-27-13-6-4-12(5-7-13)23(25)26/h3-9H,10H2,1-2H3,(H,21,24). The molecular formula is C17H16F3N3O4. The highest BCUT2D eigenvalue weighted by molar-refractivity contribution is 5.95. The number of nitrogens with zero attached hydrogens (tertiary/aromatic N) is 2. The summed E-state index contributed by atoms with van der Waals surface area (Å²) in [7, 11) is 3.26. The summed E-state index contributed by atoms with van der Waals surface area (Å²) < 4.78 is 43.9. The van der Waals surface area contributed by atoms with E-state index in [1.165, 1.54) is 30.3 Å². The van der Waals surface area contributed by atoms with Crippen molar-refractivity contribution in [3.8, 4) is 5.75 Å². The van der Waals surface area contributed by atoms with E-state index in [-0.39, 0.29) is 17.1 Å². The molecule has 1 N–H and O–H groups in total. The number of carbonyl (C=O) groups is 1. The topological polar surface area (TPSA) is 84.7 Å². The quantitative estimate of drug-likeness (QED) is 0.607. The summed E-state index contributed by atoms with van der Waals surface area (Å²) in [5, 5.41) is 13.0. The molecule has 0 aliphatic heterocycles. The van der Waals surface area contributed by atoms with Crippen LogP contribution in [0.5, 0.6) is 5.75 Å². The molecule has 0 unspecified atom stereocenters. The molecule has 144 valence electrons. The Kier molecular flexibility index (Phi) is 5.88. The lowest BCUT2D eigenvalue weighted by molar-refractivity contribution is -0.384. The predicted molar refractivity (Wildman–Crippen MR) is 93.0 cm³/mol. The molecule has 0 aliphatic carbocycles. The van der Waals surface area contributed by atoms with Gasteiger partial charge in [0.15, 0.2) is 6.61 Å². The van der Waals surface area contributed by atoms with Crippen molar-refractivity contribution in [2.45, 2.75) is 6.18 Å². The Labute approximate surface area is 152 Å². The summed E-state index contributed by atoms with van der Waals surface area (Å²) in [4.78, 5) is 23.6. The van der Waals surface area contributed by atoms with Gasteiger partial charge >= 0.3 is 6.18 Å². The fourth-order valence-electron chi connectivity index (χ4n) is 2.20. The molecule has 0 radical (unpaired) electrons. The van der Waals surface area contributed by atoms with Crippen molar-refractivity contribution in [2.75, 3.05) is 30.9 Å². The number of nitro groups is 1. The first-order chi connectivity index (χ1) is 12.6. The molecule has 1 amide bonds. The summed E-state index contributed by atoms with van der Waals surface area (Å²) in [6, 6.07) is 8.10. The van der Waals surface area contributed by atoms with E-state index in [4.69, 9.17) is 4.74 Å². The number of nitrogens with one attached hydrogen (secondary N) is 1. The molecule has 0 spiro atoms. The molecule has 0 saturated heterocycles. The summed E-state index contributed by atoms with van der Waals surface area (Å²) in [6.45, 7) is -0.471. The maximum absolute atomic E-state index is 12.9. The lowest BCUT2D eigenvalue weighted by atomic mass is 10.1. The molecule has 2 rings (SSSR count). The van der Waals surface area contributed by atoms with Gasteiger partial charge in [-0.05, 0) is 30.3 Å². The molecule has 0 aliphatic rings. The fourth-order valence-corrected chi connectivity index (χ4v) is 2.20. The molecule has 0 bridgehead atoms. The van der Waals surface area contributed by atoms with Gasteiger partial charge in [-0.15, -0.1) is 0 Å². The van der Waals surface area contributed by atoms with Gasteiger partial charge in [-0.2, -0.15) is 13.2 Å². The van der Waals surface area contributed by atoms with Gasteiger partial charge in [0.1, 0.15) is 5.75 Å². The number of anilines is 2. The van der Waals surface area contributed by atoms with E-state index in [1.54, 1.807) is 19.0 Å². The molecule has 0 atom stereocenters. The van der Waals surface area contributed by atoms with Crippen LogP contribution in [0.25, 0.3) is 0 Å². The van der Waals surface area contributed by atoms with Gasteiger partial charge in [0, 0.05) is 26.2 Å². The molecule has 0 fully saturated rings. The van der Waals surface area contributed by atoms with Crippen molar-refractivity contribution in [2.24, 2.45) is 0 Å². The van der Waals surface area contributed by atoms with Gasteiger partial charge in [0.25, 0.3) is 11.6 Å². The number of hydrogen-bond acceptors (Lipinski definition) is 5. The number of amides is 1. The van der Waals surface area contributed by atoms with Gasteiger partial charge in [-0.3, -0.25) is 14.9 Å². The molecule has 2 aromatic rings. The van der Waals surface area contributed by atoms with Crippen LogP contribution in [0, 0.1) is 10.1 Å². The minimum absolute atomic E-state index is 0.00729. The monoisotopic (exact) mass is 383 g/mol. The molecule has 27 heavy (non-hydrogen) atoms. The second-order valence-corrected chi connectivity index (χ2v) is 5.71. The molecule has 0 saturated carbocycles. The van der Waals surface area contributed by atoms with Gasteiger partial charge in [0.2, 0.25) is 0 Å². The highest BCUT2D eigenvalue weighted by atomic mass is 19.4. The first kappa shape index (κ1) is 20.0. The van der Waals surface area contributed by atoms with Crippen LogP contribution in [0.2, 0.25) is 0 Å². The Hall–Kier alpha value is -3.30. The number of ether oxygens (including phenoxy) is 1. The smallest absolute Gasteiger partial charge is 0.416 e. The summed E-state index contributed by atoms with van der Waals surface area (Å²) >= 11 is 0. The van der Waals surface area contributed by atoms with E-state index in [2.05, 4.69) is 5.32 Å². The van der Waals surface area contributed by atoms with Crippen LogP contribution in [0.4, 0.5) is 30.2 Å². The molecule has 0 heterocycles. The van der Waals surface area contributed by atoms with Crippen LogP contribution in [0.15, 0.2) is 42.5 Å². The molecule has 7 nitrogen and oxygen atoms in total. The van der Waals surface area contributed by atoms with Gasteiger partial charge < -0.3 is 15.0 Å². The fraction of sp³-hybridized carbons (Fsp3) is 0.235. The molecule has 10 heteroatoms. The van der Waals surface area contributed by atoms with Crippen molar-refractivity contribution in [1.29, 1.82) is 0 Å². The number of non-ortho nitro benzene ring substituents is 1. The maximum Gasteiger partial charge on any atom is 0.416 e. The van der Waals surface area contributed by atoms with E-state index < -0.39 is 29.2 Å². The summed E-state index contributed by atoms with van der Waals surface area (Å²) in [6.07, 6.45) is -4.54. The minimum atomic E-state index is -4.54. The normalized spacial score (nSPS) is 11.0. The Balaban J connectivity index is 2.08. The third-order valence-corrected chi connectivity index (χ3v) is 3.50. The van der Waals surface area contributed by atoms with Crippen molar-refractivity contribution in [3.05, 3.63) is 58.1 Å². The largest absolute Gasteiger partial charge is 0.484 e. The zero-order valence-electron chi connectivity index (χ0n) is 14.4. The van der Waals surface area contributed by atoms with E-state index >= 15 is 0 Å². The zero-order chi connectivity index (χ0) is 20.2. The Morgan fingerprint density at radius 2 is 1.81 bits per heavy atom. The maximum atomic E-state index is 12.9. The van der Waals surface area contributed by atoms with Crippen LogP contribution in [-0.4, -0.2) is 31.5 Å². The van der Waals surface area contributed by atoms with Gasteiger partial charge in [-0.1, -0.05) is 0 Å². The molecule has 2 aromatic carbocycles. The number of hydrogen-bond donors (Lipinski definition) is 1. The highest BCUT2D eigenvalue weighted by Crippen LogP contribution is 2.34. The van der Waals surface area contributed by atoms with E-state index in [0.717, 1.165) is 12.1 Å². The number of alkyl halides is 3. The van der Waals surface area contributed by atoms with Crippen LogP contribution < -0.4 is 15.0 Å². The SMILES string of the molecule is CN(C)c1ccc(C(F)(F)F)cc1NC(=O)COc1ccc([N+](=O)[O-])cc1. The number of halogens is 3. The molecule has 0 aromatic heterocycles. The Morgan fingerprint density at radius 3 is 2.33 bits per heavy atom. The average Bonchev–Trinajstić information content (AvgIpc) is 2.59. The van der Waals surface area contributed by atoms with Crippen LogP contribution in [-0.2, 0) is 11.0 Å². The van der Waals surface area contributed by atoms with Crippen LogP contribution in [0.3, 0.4) is 0 Å². The first-order valence-corrected chi connectivity index (χ1v) is 7.63. The number of nitro benzene ring substituents is 1. The minimum Gasteiger partial charge on any atom is -0.484 e. The lowest BCUT2D eigenvalue weighted by Gasteiger charge is -2.20. The van der Waals surface area contributed by atoms with Crippen molar-refractivity contribution in [3.63, 3.8) is 0 Å². The second kappa shape index (κ2) is 7.94. The predicted octanol–water partition coefficient (Wildman–Crippen LogP) is 3.70. The van der Waals surface area contributed by atoms with Crippen molar-refractivity contribution in [1.82, 2.24) is 0 Å². The van der Waals surface area contributed by atoms with Crippen molar-refractivity contribution < 1.29 is 27.6 Å². The van der Waals surface area contributed by atoms with Crippen LogP contribution in [0.1, 0.15) is 5.56 Å². The van der Waals surface area contributed by atoms with Gasteiger partial charge in [-0.25, -0.2) is 0 Å². The molecular weight excluding hydrogens is 367 g/mol. The van der Waals surface area contributed by atoms with E-state index in [0.29, 0.717) is 5.69 Å². The Morgan fingerprint density at radius 1 is 1.19 bits per heavy atom. The third kappa shape index (κ3) is 5.33. The third-order valence-electron chi connectivity index (χ3n) is 3.50. The first-order valence-electron chi connectivity index (χ1n) is 7.63. The van der Waals surface area contributed by atoms with E-state index in [1.807, 2.05) is 0 Å². The van der Waals surface area contributed by atoms with Crippen molar-refractivity contribution >= 4 is 23.0 Å². The highest BCUT2D eigenvalue weighted by Gasteiger charge is 2.31. The summed E-state index contributed by atoms with van der Waals surface area (Å²) in [5.41, 5.74) is -0.634. The van der Waals surface area contributed by atoms with Gasteiger partial charge in [0.05, 0.1) is 21.9 Å². The lowest BCUT2D eigenvalue weighted by Crippen LogP contribution is -2.22. The van der Waals surface area contributed by atoms with Crippen LogP contribution >= 0.6 is 0 Å². The zero-order valence-corrected chi connectivity index (χ0v) is 14.4. The number of benzene rings is 2. The number of rotatable bonds is 6. The summed E-state index contributed by atoms with van der Waals surface area (Å²) in [5.74, 6) is -0.455. The van der Waals surface area contributed by atoms with E-state index in [9.17, 15) is 28.1 Å².